The van der Waals surface area contributed by atoms with Crippen molar-refractivity contribution >= 4 is 38.9 Å². The third kappa shape index (κ3) is 4.29. The zero-order valence-corrected chi connectivity index (χ0v) is 15.5. The Bertz CT molecular complexity index is 925. The summed E-state index contributed by atoms with van der Waals surface area (Å²) in [5, 5.41) is 3.37. The Kier molecular flexibility index (Phi) is 5.24. The van der Waals surface area contributed by atoms with Gasteiger partial charge in [-0.15, -0.1) is 11.3 Å². The fourth-order valence-corrected chi connectivity index (χ4v) is 3.64. The Morgan fingerprint density at radius 2 is 1.92 bits per heavy atom. The number of nitrogens with one attached hydrogen (secondary N) is 1. The van der Waals surface area contributed by atoms with Crippen LogP contribution in [-0.2, 0) is 11.2 Å². The number of thiazole rings is 1. The first-order valence-corrected chi connectivity index (χ1v) is 9.00. The lowest BCUT2D eigenvalue weighted by atomic mass is 10.1. The standard InChI is InChI=1S/C18H13BrF2N2OS/c1-10-22-18(11-2-5-13(20)6-3-11)16(25-10)9-17(24)23-15-7-4-12(19)8-14(15)21/h2-8H,9H2,1H3,(H,23,24). The normalized spacial score (nSPS) is 10.7. The molecule has 0 bridgehead atoms. The van der Waals surface area contributed by atoms with Gasteiger partial charge in [0.1, 0.15) is 11.6 Å². The van der Waals surface area contributed by atoms with Gasteiger partial charge in [0.05, 0.1) is 22.8 Å². The van der Waals surface area contributed by atoms with E-state index in [9.17, 15) is 13.6 Å². The zero-order valence-electron chi connectivity index (χ0n) is 13.1. The van der Waals surface area contributed by atoms with E-state index in [-0.39, 0.29) is 23.8 Å². The average molecular weight is 423 g/mol. The second-order valence-electron chi connectivity index (χ2n) is 5.36. The predicted octanol–water partition coefficient (Wildman–Crippen LogP) is 5.34. The van der Waals surface area contributed by atoms with Gasteiger partial charge >= 0.3 is 0 Å². The van der Waals surface area contributed by atoms with Crippen LogP contribution < -0.4 is 5.32 Å². The third-order valence-corrected chi connectivity index (χ3v) is 4.91. The minimum atomic E-state index is -0.512. The van der Waals surface area contributed by atoms with Crippen molar-refractivity contribution in [3.8, 4) is 11.3 Å². The van der Waals surface area contributed by atoms with E-state index in [1.54, 1.807) is 18.2 Å². The molecular formula is C18H13BrF2N2OS. The Labute approximate surface area is 155 Å². The molecule has 0 fully saturated rings. The van der Waals surface area contributed by atoms with Crippen LogP contribution in [0.4, 0.5) is 14.5 Å². The Balaban J connectivity index is 1.81. The van der Waals surface area contributed by atoms with Crippen LogP contribution in [0.5, 0.6) is 0 Å². The molecular weight excluding hydrogens is 410 g/mol. The van der Waals surface area contributed by atoms with Crippen molar-refractivity contribution in [1.29, 1.82) is 0 Å². The minimum absolute atomic E-state index is 0.0632. The maximum atomic E-state index is 13.8. The number of carbonyl (C=O) groups excluding carboxylic acids is 1. The molecule has 3 aromatic rings. The molecule has 3 rings (SSSR count). The lowest BCUT2D eigenvalue weighted by molar-refractivity contribution is -0.115. The molecule has 0 saturated heterocycles. The van der Waals surface area contributed by atoms with E-state index < -0.39 is 5.82 Å². The van der Waals surface area contributed by atoms with Gasteiger partial charge in [-0.05, 0) is 49.4 Å². The van der Waals surface area contributed by atoms with Gasteiger partial charge in [-0.1, -0.05) is 15.9 Å². The molecule has 1 amide bonds. The van der Waals surface area contributed by atoms with Gasteiger partial charge in [-0.25, -0.2) is 13.8 Å². The lowest BCUT2D eigenvalue weighted by Gasteiger charge is -2.07. The molecule has 25 heavy (non-hydrogen) atoms. The van der Waals surface area contributed by atoms with Crippen molar-refractivity contribution in [1.82, 2.24) is 4.98 Å². The topological polar surface area (TPSA) is 42.0 Å². The summed E-state index contributed by atoms with van der Waals surface area (Å²) in [4.78, 5) is 17.5. The molecule has 3 nitrogen and oxygen atoms in total. The number of hydrogen-bond acceptors (Lipinski definition) is 3. The first kappa shape index (κ1) is 17.7. The summed E-state index contributed by atoms with van der Waals surface area (Å²) >= 11 is 4.57. The molecule has 0 aliphatic heterocycles. The summed E-state index contributed by atoms with van der Waals surface area (Å²) in [6.45, 7) is 1.84. The van der Waals surface area contributed by atoms with Crippen molar-refractivity contribution < 1.29 is 13.6 Å². The van der Waals surface area contributed by atoms with E-state index in [4.69, 9.17) is 0 Å². The van der Waals surface area contributed by atoms with Gasteiger partial charge in [-0.2, -0.15) is 0 Å². The predicted molar refractivity (Wildman–Crippen MR) is 98.7 cm³/mol. The molecule has 128 valence electrons. The molecule has 0 radical (unpaired) electrons. The number of anilines is 1. The quantitative estimate of drug-likeness (QED) is 0.616. The summed E-state index contributed by atoms with van der Waals surface area (Å²) in [5.74, 6) is -1.18. The van der Waals surface area contributed by atoms with E-state index in [1.807, 2.05) is 6.92 Å². The summed E-state index contributed by atoms with van der Waals surface area (Å²) < 4.78 is 27.5. The largest absolute Gasteiger partial charge is 0.323 e. The highest BCUT2D eigenvalue weighted by atomic mass is 79.9. The van der Waals surface area contributed by atoms with Gasteiger partial charge in [0.2, 0.25) is 5.91 Å². The summed E-state index contributed by atoms with van der Waals surface area (Å²) in [6.07, 6.45) is 0.0632. The van der Waals surface area contributed by atoms with E-state index in [0.717, 1.165) is 15.4 Å². The number of carbonyl (C=O) groups is 1. The average Bonchev–Trinajstić information content (AvgIpc) is 2.91. The van der Waals surface area contributed by atoms with Crippen LogP contribution in [-0.4, -0.2) is 10.9 Å². The van der Waals surface area contributed by atoms with Crippen molar-refractivity contribution in [2.45, 2.75) is 13.3 Å². The SMILES string of the molecule is Cc1nc(-c2ccc(F)cc2)c(CC(=O)Nc2ccc(Br)cc2F)s1. The van der Waals surface area contributed by atoms with Crippen molar-refractivity contribution in [2.75, 3.05) is 5.32 Å². The zero-order chi connectivity index (χ0) is 18.0. The van der Waals surface area contributed by atoms with Crippen molar-refractivity contribution in [2.24, 2.45) is 0 Å². The first-order valence-electron chi connectivity index (χ1n) is 7.39. The maximum Gasteiger partial charge on any atom is 0.229 e. The number of nitrogens with zero attached hydrogens (tertiary/aromatic N) is 1. The van der Waals surface area contributed by atoms with Gasteiger partial charge in [0.15, 0.2) is 0 Å². The maximum absolute atomic E-state index is 13.8. The molecule has 1 heterocycles. The molecule has 0 unspecified atom stereocenters. The molecule has 0 atom stereocenters. The number of aryl methyl sites for hydroxylation is 1. The minimum Gasteiger partial charge on any atom is -0.323 e. The van der Waals surface area contributed by atoms with Crippen LogP contribution in [0.1, 0.15) is 9.88 Å². The molecule has 2 aromatic carbocycles. The molecule has 0 aliphatic rings. The van der Waals surface area contributed by atoms with Crippen molar-refractivity contribution in [3.63, 3.8) is 0 Å². The molecule has 0 spiro atoms. The van der Waals surface area contributed by atoms with Gasteiger partial charge in [0.25, 0.3) is 0 Å². The number of aromatic nitrogens is 1. The Hall–Kier alpha value is -2.12. The highest BCUT2D eigenvalue weighted by Gasteiger charge is 2.16. The van der Waals surface area contributed by atoms with Gasteiger partial charge in [-0.3, -0.25) is 4.79 Å². The fourth-order valence-electron chi connectivity index (χ4n) is 2.35. The van der Waals surface area contributed by atoms with Crippen LogP contribution in [0.25, 0.3) is 11.3 Å². The van der Waals surface area contributed by atoms with E-state index >= 15 is 0 Å². The monoisotopic (exact) mass is 422 g/mol. The number of halogens is 3. The van der Waals surface area contributed by atoms with Crippen LogP contribution in [0, 0.1) is 18.6 Å². The summed E-state index contributed by atoms with van der Waals surface area (Å²) in [5.41, 5.74) is 1.51. The number of hydrogen-bond donors (Lipinski definition) is 1. The smallest absolute Gasteiger partial charge is 0.229 e. The highest BCUT2D eigenvalue weighted by molar-refractivity contribution is 9.10. The molecule has 0 aliphatic carbocycles. The fraction of sp³-hybridized carbons (Fsp3) is 0.111. The van der Waals surface area contributed by atoms with Crippen LogP contribution in [0.2, 0.25) is 0 Å². The summed E-state index contributed by atoms with van der Waals surface area (Å²) in [6, 6.07) is 10.4. The van der Waals surface area contributed by atoms with Crippen LogP contribution in [0.15, 0.2) is 46.9 Å². The molecule has 1 N–H and O–H groups in total. The van der Waals surface area contributed by atoms with E-state index in [1.165, 1.54) is 35.6 Å². The first-order chi connectivity index (χ1) is 11.9. The molecule has 7 heteroatoms. The lowest BCUT2D eigenvalue weighted by Crippen LogP contribution is -2.15. The Morgan fingerprint density at radius 1 is 1.20 bits per heavy atom. The number of amides is 1. The second-order valence-corrected chi connectivity index (χ2v) is 7.56. The van der Waals surface area contributed by atoms with Gasteiger partial charge in [0, 0.05) is 14.9 Å². The van der Waals surface area contributed by atoms with Gasteiger partial charge < -0.3 is 5.32 Å². The van der Waals surface area contributed by atoms with Crippen molar-refractivity contribution in [3.05, 3.63) is 68.5 Å². The number of benzene rings is 2. The third-order valence-electron chi connectivity index (χ3n) is 3.45. The van der Waals surface area contributed by atoms with Crippen LogP contribution >= 0.6 is 27.3 Å². The van der Waals surface area contributed by atoms with E-state index in [2.05, 4.69) is 26.2 Å². The second kappa shape index (κ2) is 7.41. The highest BCUT2D eigenvalue weighted by Crippen LogP contribution is 2.29. The molecule has 0 saturated carbocycles. The number of rotatable bonds is 4. The van der Waals surface area contributed by atoms with Crippen LogP contribution in [0.3, 0.4) is 0 Å². The molecule has 1 aromatic heterocycles. The summed E-state index contributed by atoms with van der Waals surface area (Å²) in [7, 11) is 0. The van der Waals surface area contributed by atoms with E-state index in [0.29, 0.717) is 10.2 Å². The Morgan fingerprint density at radius 3 is 2.60 bits per heavy atom.